The molecular formula is C25H25N5O2. The number of likely N-dealkylation sites (tertiary alicyclic amines) is 1. The minimum atomic E-state index is -0.00283. The van der Waals surface area contributed by atoms with Crippen LogP contribution in [0.5, 0.6) is 0 Å². The Morgan fingerprint density at radius 1 is 1.25 bits per heavy atom. The SMILES string of the molecule is Cc1nc(-c2ccc3c(c2)[C@]2(C)CCN(C(=O)c4ccc5nc[nH]c5c4)C(C3)C2C)no1. The van der Waals surface area contributed by atoms with E-state index in [0.717, 1.165) is 36.0 Å². The number of benzene rings is 2. The maximum atomic E-state index is 13.5. The van der Waals surface area contributed by atoms with Gasteiger partial charge in [0, 0.05) is 30.6 Å². The molecule has 0 radical (unpaired) electrons. The largest absolute Gasteiger partial charge is 0.345 e. The van der Waals surface area contributed by atoms with Crippen molar-refractivity contribution in [1.82, 2.24) is 25.0 Å². The number of piperidine rings is 1. The first-order chi connectivity index (χ1) is 15.4. The quantitative estimate of drug-likeness (QED) is 0.516. The number of fused-ring (bicyclic) bond motifs is 5. The molecule has 1 aliphatic carbocycles. The van der Waals surface area contributed by atoms with Gasteiger partial charge >= 0.3 is 0 Å². The number of hydrogen-bond donors (Lipinski definition) is 1. The number of aryl methyl sites for hydroxylation is 1. The Balaban J connectivity index is 1.35. The summed E-state index contributed by atoms with van der Waals surface area (Å²) in [7, 11) is 0. The van der Waals surface area contributed by atoms with E-state index in [-0.39, 0.29) is 17.4 Å². The number of nitrogens with one attached hydrogen (secondary N) is 1. The van der Waals surface area contributed by atoms with Crippen molar-refractivity contribution in [3.8, 4) is 11.4 Å². The topological polar surface area (TPSA) is 87.9 Å². The third-order valence-electron chi connectivity index (χ3n) is 7.72. The van der Waals surface area contributed by atoms with Gasteiger partial charge in [-0.15, -0.1) is 0 Å². The average molecular weight is 428 g/mol. The first-order valence-corrected chi connectivity index (χ1v) is 11.1. The zero-order valence-electron chi connectivity index (χ0n) is 18.4. The molecule has 1 fully saturated rings. The van der Waals surface area contributed by atoms with Crippen LogP contribution in [0.2, 0.25) is 0 Å². The van der Waals surface area contributed by atoms with E-state index < -0.39 is 0 Å². The third kappa shape index (κ3) is 2.73. The molecule has 3 atom stereocenters. The normalized spacial score (nSPS) is 24.5. The summed E-state index contributed by atoms with van der Waals surface area (Å²) in [5, 5.41) is 4.10. The molecule has 0 saturated carbocycles. The second-order valence-corrected chi connectivity index (χ2v) is 9.37. The molecule has 2 unspecified atom stereocenters. The van der Waals surface area contributed by atoms with Crippen molar-refractivity contribution in [3.63, 3.8) is 0 Å². The van der Waals surface area contributed by atoms with Crippen molar-refractivity contribution in [3.05, 3.63) is 65.3 Å². The fourth-order valence-corrected chi connectivity index (χ4v) is 5.66. The van der Waals surface area contributed by atoms with E-state index in [1.54, 1.807) is 13.3 Å². The van der Waals surface area contributed by atoms with Gasteiger partial charge < -0.3 is 14.4 Å². The van der Waals surface area contributed by atoms with Gasteiger partial charge in [-0.2, -0.15) is 4.98 Å². The van der Waals surface area contributed by atoms with Crippen molar-refractivity contribution in [1.29, 1.82) is 0 Å². The van der Waals surface area contributed by atoms with Crippen LogP contribution in [0.4, 0.5) is 0 Å². The number of nitrogens with zero attached hydrogens (tertiary/aromatic N) is 4. The predicted molar refractivity (Wildman–Crippen MR) is 120 cm³/mol. The fraction of sp³-hybridized carbons (Fsp3) is 0.360. The van der Waals surface area contributed by atoms with Crippen molar-refractivity contribution >= 4 is 16.9 Å². The second kappa shape index (κ2) is 6.76. The minimum absolute atomic E-state index is 0.00283. The zero-order valence-corrected chi connectivity index (χ0v) is 18.4. The van der Waals surface area contributed by atoms with Crippen LogP contribution in [0.1, 0.15) is 47.6 Å². The molecule has 3 heterocycles. The van der Waals surface area contributed by atoms with Crippen LogP contribution in [0.15, 0.2) is 47.2 Å². The van der Waals surface area contributed by atoms with E-state index in [0.29, 0.717) is 23.2 Å². The highest BCUT2D eigenvalue weighted by Crippen LogP contribution is 2.49. The Bertz CT molecular complexity index is 1360. The van der Waals surface area contributed by atoms with E-state index in [4.69, 9.17) is 4.52 Å². The maximum absolute atomic E-state index is 13.5. The highest BCUT2D eigenvalue weighted by molar-refractivity contribution is 5.97. The standard InChI is InChI=1S/C25H25N5O2/c1-14-22-12-16-4-5-17(23-28-15(2)32-29-23)10-19(16)25(14,3)8-9-30(22)24(31)18-6-7-20-21(11-18)27-13-26-20/h4-7,10-11,13-14,22H,8-9,12H2,1-3H3,(H,26,27)/t14?,22?,25-/m1/s1. The number of imidazole rings is 1. The van der Waals surface area contributed by atoms with E-state index in [9.17, 15) is 4.79 Å². The Morgan fingerprint density at radius 3 is 2.94 bits per heavy atom. The molecule has 162 valence electrons. The first-order valence-electron chi connectivity index (χ1n) is 11.1. The molecule has 7 nitrogen and oxygen atoms in total. The smallest absolute Gasteiger partial charge is 0.254 e. The van der Waals surface area contributed by atoms with Crippen molar-refractivity contribution in [2.45, 2.75) is 45.1 Å². The van der Waals surface area contributed by atoms with Crippen LogP contribution >= 0.6 is 0 Å². The molecule has 1 amide bonds. The minimum Gasteiger partial charge on any atom is -0.345 e. The second-order valence-electron chi connectivity index (χ2n) is 9.37. The Morgan fingerprint density at radius 2 is 2.12 bits per heavy atom. The highest BCUT2D eigenvalue weighted by Gasteiger charge is 2.49. The highest BCUT2D eigenvalue weighted by atomic mass is 16.5. The monoisotopic (exact) mass is 427 g/mol. The number of amides is 1. The molecule has 2 aromatic heterocycles. The zero-order chi connectivity index (χ0) is 22.0. The van der Waals surface area contributed by atoms with Crippen LogP contribution < -0.4 is 0 Å². The van der Waals surface area contributed by atoms with Gasteiger partial charge in [-0.05, 0) is 59.6 Å². The number of carbonyl (C=O) groups is 1. The molecule has 2 aromatic carbocycles. The summed E-state index contributed by atoms with van der Waals surface area (Å²) < 4.78 is 5.18. The lowest BCUT2D eigenvalue weighted by Crippen LogP contribution is -2.59. The molecule has 4 aromatic rings. The van der Waals surface area contributed by atoms with Crippen LogP contribution in [-0.4, -0.2) is 43.5 Å². The van der Waals surface area contributed by atoms with Crippen molar-refractivity contribution in [2.75, 3.05) is 6.54 Å². The number of aromatic amines is 1. The van der Waals surface area contributed by atoms with Gasteiger partial charge in [0.25, 0.3) is 5.91 Å². The number of carbonyl (C=O) groups excluding carboxylic acids is 1. The summed E-state index contributed by atoms with van der Waals surface area (Å²) in [6.07, 6.45) is 3.44. The molecule has 6 rings (SSSR count). The summed E-state index contributed by atoms with van der Waals surface area (Å²) >= 11 is 0. The summed E-state index contributed by atoms with van der Waals surface area (Å²) in [6.45, 7) is 7.18. The Hall–Kier alpha value is -3.48. The number of H-pyrrole nitrogens is 1. The van der Waals surface area contributed by atoms with Crippen LogP contribution in [-0.2, 0) is 11.8 Å². The predicted octanol–water partition coefficient (Wildman–Crippen LogP) is 4.29. The van der Waals surface area contributed by atoms with Crippen LogP contribution in [0, 0.1) is 12.8 Å². The van der Waals surface area contributed by atoms with E-state index in [1.165, 1.54) is 11.1 Å². The lowest BCUT2D eigenvalue weighted by molar-refractivity contribution is 0.0251. The van der Waals surface area contributed by atoms with Crippen LogP contribution in [0.3, 0.4) is 0 Å². The van der Waals surface area contributed by atoms with Gasteiger partial charge in [0.2, 0.25) is 11.7 Å². The maximum Gasteiger partial charge on any atom is 0.254 e. The molecular weight excluding hydrogens is 402 g/mol. The molecule has 1 saturated heterocycles. The summed E-state index contributed by atoms with van der Waals surface area (Å²) in [5.74, 6) is 1.64. The van der Waals surface area contributed by atoms with Crippen molar-refractivity contribution in [2.24, 2.45) is 5.92 Å². The number of rotatable bonds is 2. The summed E-state index contributed by atoms with van der Waals surface area (Å²) in [6, 6.07) is 12.4. The van der Waals surface area contributed by atoms with Gasteiger partial charge in [-0.25, -0.2) is 4.98 Å². The lowest BCUT2D eigenvalue weighted by atomic mass is 9.58. The Labute approximate surface area is 185 Å². The molecule has 7 heteroatoms. The fourth-order valence-electron chi connectivity index (χ4n) is 5.66. The molecule has 0 spiro atoms. The van der Waals surface area contributed by atoms with Gasteiger partial charge in [-0.3, -0.25) is 4.79 Å². The van der Waals surface area contributed by atoms with Crippen LogP contribution in [0.25, 0.3) is 22.4 Å². The summed E-state index contributed by atoms with van der Waals surface area (Å²) in [4.78, 5) is 27.4. The summed E-state index contributed by atoms with van der Waals surface area (Å²) in [5.41, 5.74) is 6.12. The average Bonchev–Trinajstić information content (AvgIpc) is 3.44. The number of aromatic nitrogens is 4. The first kappa shape index (κ1) is 19.2. The number of hydrogen-bond acceptors (Lipinski definition) is 5. The van der Waals surface area contributed by atoms with Crippen molar-refractivity contribution < 1.29 is 9.32 Å². The molecule has 32 heavy (non-hydrogen) atoms. The lowest BCUT2D eigenvalue weighted by Gasteiger charge is -2.54. The van der Waals surface area contributed by atoms with Gasteiger partial charge in [0.15, 0.2) is 0 Å². The molecule has 1 N–H and O–H groups in total. The van der Waals surface area contributed by atoms with Gasteiger partial charge in [0.05, 0.1) is 17.4 Å². The third-order valence-corrected chi connectivity index (χ3v) is 7.72. The Kier molecular flexibility index (Phi) is 4.06. The van der Waals surface area contributed by atoms with Gasteiger partial charge in [0.1, 0.15) is 0 Å². The van der Waals surface area contributed by atoms with E-state index >= 15 is 0 Å². The molecule has 2 bridgehead atoms. The van der Waals surface area contributed by atoms with Gasteiger partial charge in [-0.1, -0.05) is 31.1 Å². The molecule has 2 aliphatic rings. The molecule has 1 aliphatic heterocycles. The van der Waals surface area contributed by atoms with E-state index in [1.807, 2.05) is 18.2 Å². The van der Waals surface area contributed by atoms with E-state index in [2.05, 4.69) is 57.1 Å².